The highest BCUT2D eigenvalue weighted by Crippen LogP contribution is 2.40. The highest BCUT2D eigenvalue weighted by Gasteiger charge is 2.41. The maximum atomic E-state index is 13.1. The van der Waals surface area contributed by atoms with Crippen molar-refractivity contribution in [3.8, 4) is 5.75 Å². The summed E-state index contributed by atoms with van der Waals surface area (Å²) in [7, 11) is 3.51. The minimum Gasteiger partial charge on any atom is -0.497 e. The van der Waals surface area contributed by atoms with Gasteiger partial charge in [0.15, 0.2) is 5.82 Å². The summed E-state index contributed by atoms with van der Waals surface area (Å²) in [6.45, 7) is 5.47. The maximum absolute atomic E-state index is 13.1. The second-order valence-corrected chi connectivity index (χ2v) is 9.24. The zero-order valence-corrected chi connectivity index (χ0v) is 19.0. The summed E-state index contributed by atoms with van der Waals surface area (Å²) in [6, 6.07) is 8.52. The highest BCUT2D eigenvalue weighted by atomic mass is 16.5. The van der Waals surface area contributed by atoms with Gasteiger partial charge in [0, 0.05) is 26.2 Å². The summed E-state index contributed by atoms with van der Waals surface area (Å²) < 4.78 is 5.22. The van der Waals surface area contributed by atoms with Gasteiger partial charge in [-0.15, -0.1) is 0 Å². The number of methoxy groups -OCH3 is 1. The van der Waals surface area contributed by atoms with Crippen molar-refractivity contribution in [2.75, 3.05) is 42.4 Å². The summed E-state index contributed by atoms with van der Waals surface area (Å²) in [5, 5.41) is 3.37. The van der Waals surface area contributed by atoms with Crippen LogP contribution >= 0.6 is 0 Å². The van der Waals surface area contributed by atoms with Crippen LogP contribution in [0.1, 0.15) is 45.1 Å². The fraction of sp³-hybridized carbons (Fsp3) is 0.542. The predicted molar refractivity (Wildman–Crippen MR) is 124 cm³/mol. The predicted octanol–water partition coefficient (Wildman–Crippen LogP) is 3.89. The van der Waals surface area contributed by atoms with E-state index in [0.29, 0.717) is 18.5 Å². The molecule has 0 unspecified atom stereocenters. The Morgan fingerprint density at radius 1 is 1.19 bits per heavy atom. The van der Waals surface area contributed by atoms with Gasteiger partial charge in [0.2, 0.25) is 11.9 Å². The molecule has 4 rings (SSSR count). The summed E-state index contributed by atoms with van der Waals surface area (Å²) in [6.07, 6.45) is 7.42. The molecule has 0 radical (unpaired) electrons. The first kappa shape index (κ1) is 21.4. The van der Waals surface area contributed by atoms with Gasteiger partial charge in [-0.3, -0.25) is 4.79 Å². The first-order valence-electron chi connectivity index (χ1n) is 11.2. The van der Waals surface area contributed by atoms with E-state index >= 15 is 0 Å². The van der Waals surface area contributed by atoms with Crippen LogP contribution in [-0.2, 0) is 11.2 Å². The Labute approximate surface area is 184 Å². The third-order valence-electron chi connectivity index (χ3n) is 6.45. The molecule has 1 saturated carbocycles. The van der Waals surface area contributed by atoms with Crippen molar-refractivity contribution in [2.24, 2.45) is 5.41 Å². The maximum Gasteiger partial charge on any atom is 0.234 e. The van der Waals surface area contributed by atoms with Crippen LogP contribution in [0.4, 0.5) is 17.5 Å². The molecule has 0 spiro atoms. The van der Waals surface area contributed by atoms with Gasteiger partial charge in [0.05, 0.1) is 18.7 Å². The molecule has 0 saturated heterocycles. The molecule has 1 aliphatic heterocycles. The van der Waals surface area contributed by atoms with Crippen LogP contribution in [0.2, 0.25) is 0 Å². The van der Waals surface area contributed by atoms with Gasteiger partial charge >= 0.3 is 0 Å². The lowest BCUT2D eigenvalue weighted by Gasteiger charge is -2.34. The van der Waals surface area contributed by atoms with E-state index in [9.17, 15) is 4.79 Å². The van der Waals surface area contributed by atoms with Gasteiger partial charge in [-0.05, 0) is 50.8 Å². The zero-order chi connectivity index (χ0) is 22.0. The second-order valence-electron chi connectivity index (χ2n) is 9.24. The molecule has 7 heteroatoms. The van der Waals surface area contributed by atoms with E-state index in [2.05, 4.69) is 27.3 Å². The topological polar surface area (TPSA) is 70.6 Å². The number of hydrogen-bond donors (Lipinski definition) is 1. The van der Waals surface area contributed by atoms with Crippen LogP contribution in [-0.4, -0.2) is 49.2 Å². The van der Waals surface area contributed by atoms with E-state index in [1.54, 1.807) is 18.2 Å². The number of fused-ring (bicyclic) bond motifs is 1. The smallest absolute Gasteiger partial charge is 0.234 e. The van der Waals surface area contributed by atoms with Gasteiger partial charge in [-0.25, -0.2) is 4.98 Å². The van der Waals surface area contributed by atoms with Gasteiger partial charge in [-0.2, -0.15) is 4.98 Å². The van der Waals surface area contributed by atoms with Crippen molar-refractivity contribution in [1.82, 2.24) is 9.97 Å². The quantitative estimate of drug-likeness (QED) is 0.760. The van der Waals surface area contributed by atoms with Crippen molar-refractivity contribution in [1.29, 1.82) is 0 Å². The summed E-state index contributed by atoms with van der Waals surface area (Å²) in [4.78, 5) is 26.6. The number of carbonyl (C=O) groups is 1. The molecule has 1 fully saturated rings. The number of rotatable bonds is 6. The van der Waals surface area contributed by atoms with Crippen molar-refractivity contribution in [3.05, 3.63) is 36.0 Å². The van der Waals surface area contributed by atoms with Gasteiger partial charge in [0.1, 0.15) is 11.4 Å². The van der Waals surface area contributed by atoms with Gasteiger partial charge < -0.3 is 19.9 Å². The third-order valence-corrected chi connectivity index (χ3v) is 6.45. The standard InChI is InChI=1S/C24H33N5O2/c1-24(2)16-29(18-7-5-6-8-18)21-20(28(3)22(24)30)15-26-23(27-21)25-14-13-17-9-11-19(31-4)12-10-17/h9-12,15,18H,5-8,13-14,16H2,1-4H3,(H,25,26,27). The molecule has 166 valence electrons. The molecule has 7 nitrogen and oxygen atoms in total. The first-order chi connectivity index (χ1) is 14.9. The molecule has 1 N–H and O–H groups in total. The molecule has 1 amide bonds. The number of nitrogens with zero attached hydrogens (tertiary/aromatic N) is 4. The fourth-order valence-corrected chi connectivity index (χ4v) is 4.66. The summed E-state index contributed by atoms with van der Waals surface area (Å²) >= 11 is 0. The number of carbonyl (C=O) groups excluding carboxylic acids is 1. The third kappa shape index (κ3) is 4.45. The Morgan fingerprint density at radius 3 is 2.58 bits per heavy atom. The minimum absolute atomic E-state index is 0.109. The van der Waals surface area contributed by atoms with E-state index in [-0.39, 0.29) is 5.91 Å². The number of benzene rings is 1. The molecule has 2 aliphatic rings. The summed E-state index contributed by atoms with van der Waals surface area (Å²) in [5.74, 6) is 2.45. The molecular formula is C24H33N5O2. The molecule has 0 atom stereocenters. The average Bonchev–Trinajstić information content (AvgIpc) is 3.29. The highest BCUT2D eigenvalue weighted by molar-refractivity contribution is 6.00. The van der Waals surface area contributed by atoms with Crippen molar-refractivity contribution >= 4 is 23.4 Å². The Hall–Kier alpha value is -2.83. The molecule has 1 aliphatic carbocycles. The Balaban J connectivity index is 1.54. The van der Waals surface area contributed by atoms with E-state index in [0.717, 1.165) is 43.1 Å². The largest absolute Gasteiger partial charge is 0.497 e. The fourth-order valence-electron chi connectivity index (χ4n) is 4.66. The van der Waals surface area contributed by atoms with Crippen LogP contribution in [0.15, 0.2) is 30.5 Å². The van der Waals surface area contributed by atoms with Crippen LogP contribution in [0.25, 0.3) is 0 Å². The first-order valence-corrected chi connectivity index (χ1v) is 11.2. The van der Waals surface area contributed by atoms with Crippen molar-refractivity contribution in [2.45, 2.75) is 52.0 Å². The summed E-state index contributed by atoms with van der Waals surface area (Å²) in [5.41, 5.74) is 1.55. The molecule has 1 aromatic heterocycles. The normalized spacial score (nSPS) is 18.6. The van der Waals surface area contributed by atoms with E-state index in [1.807, 2.05) is 33.0 Å². The lowest BCUT2D eigenvalue weighted by molar-refractivity contribution is -0.125. The number of amides is 1. The molecule has 0 bridgehead atoms. The minimum atomic E-state index is -0.472. The van der Waals surface area contributed by atoms with Crippen molar-refractivity contribution in [3.63, 3.8) is 0 Å². The molecule has 2 aromatic rings. The number of hydrogen-bond acceptors (Lipinski definition) is 6. The Morgan fingerprint density at radius 2 is 1.90 bits per heavy atom. The Kier molecular flexibility index (Phi) is 6.03. The monoisotopic (exact) mass is 423 g/mol. The molecule has 2 heterocycles. The van der Waals surface area contributed by atoms with E-state index < -0.39 is 5.41 Å². The van der Waals surface area contributed by atoms with Gasteiger partial charge in [0.25, 0.3) is 0 Å². The molecule has 1 aromatic carbocycles. The van der Waals surface area contributed by atoms with Crippen molar-refractivity contribution < 1.29 is 9.53 Å². The number of aromatic nitrogens is 2. The van der Waals surface area contributed by atoms with Crippen LogP contribution < -0.4 is 19.9 Å². The van der Waals surface area contributed by atoms with Gasteiger partial charge in [-0.1, -0.05) is 25.0 Å². The molecular weight excluding hydrogens is 390 g/mol. The molecule has 31 heavy (non-hydrogen) atoms. The lowest BCUT2D eigenvalue weighted by Crippen LogP contribution is -2.45. The van der Waals surface area contributed by atoms with Crippen LogP contribution in [0, 0.1) is 5.41 Å². The zero-order valence-electron chi connectivity index (χ0n) is 19.0. The van der Waals surface area contributed by atoms with E-state index in [4.69, 9.17) is 9.72 Å². The average molecular weight is 424 g/mol. The van der Waals surface area contributed by atoms with Crippen LogP contribution in [0.5, 0.6) is 5.75 Å². The van der Waals surface area contributed by atoms with Crippen LogP contribution in [0.3, 0.4) is 0 Å². The number of nitrogens with one attached hydrogen (secondary N) is 1. The lowest BCUT2D eigenvalue weighted by atomic mass is 9.91. The number of ether oxygens (including phenoxy) is 1. The number of anilines is 3. The SMILES string of the molecule is COc1ccc(CCNc2ncc3c(n2)N(C2CCCC2)CC(C)(C)C(=O)N3C)cc1. The Bertz CT molecular complexity index is 922. The van der Waals surface area contributed by atoms with E-state index in [1.165, 1.54) is 18.4 Å². The second kappa shape index (κ2) is 8.73.